The van der Waals surface area contributed by atoms with Crippen LogP contribution in [-0.2, 0) is 20.9 Å². The van der Waals surface area contributed by atoms with Gasteiger partial charge in [-0.05, 0) is 63.3 Å². The van der Waals surface area contributed by atoms with Gasteiger partial charge < -0.3 is 25.4 Å². The molecule has 3 amide bonds. The number of aryl methyl sites for hydroxylation is 2. The van der Waals surface area contributed by atoms with Crippen molar-refractivity contribution in [3.8, 4) is 0 Å². The van der Waals surface area contributed by atoms with E-state index in [2.05, 4.69) is 17.6 Å². The molecule has 0 aliphatic rings. The highest BCUT2D eigenvalue weighted by molar-refractivity contribution is 5.92. The molecule has 0 spiro atoms. The molecule has 2 unspecified atom stereocenters. The van der Waals surface area contributed by atoms with Crippen molar-refractivity contribution in [2.75, 3.05) is 13.2 Å². The minimum absolute atomic E-state index is 0.297. The van der Waals surface area contributed by atoms with Gasteiger partial charge in [-0.2, -0.15) is 0 Å². The maximum absolute atomic E-state index is 14.0. The predicted octanol–water partition coefficient (Wildman–Crippen LogP) is 5.35. The lowest BCUT2D eigenvalue weighted by molar-refractivity contribution is -0.143. The molecular formula is C32H47N3O5. The van der Waals surface area contributed by atoms with Crippen LogP contribution in [0.4, 0.5) is 4.79 Å². The summed E-state index contributed by atoms with van der Waals surface area (Å²) < 4.78 is 5.32. The monoisotopic (exact) mass is 553 g/mol. The van der Waals surface area contributed by atoms with E-state index in [0.29, 0.717) is 25.1 Å². The molecule has 0 saturated carbocycles. The Morgan fingerprint density at radius 3 is 2.23 bits per heavy atom. The molecule has 8 heteroatoms. The van der Waals surface area contributed by atoms with Gasteiger partial charge in [-0.25, -0.2) is 4.79 Å². The number of alkyl carbamates (subject to hydrolysis) is 1. The summed E-state index contributed by atoms with van der Waals surface area (Å²) in [5.74, 6) is -0.870. The number of nitrogens with zero attached hydrogens (tertiary/aromatic N) is 1. The summed E-state index contributed by atoms with van der Waals surface area (Å²) in [4.78, 5) is 41.8. The topological polar surface area (TPSA) is 108 Å². The van der Waals surface area contributed by atoms with E-state index in [1.807, 2.05) is 62.4 Å². The van der Waals surface area contributed by atoms with Crippen molar-refractivity contribution < 1.29 is 24.2 Å². The predicted molar refractivity (Wildman–Crippen MR) is 158 cm³/mol. The molecule has 8 nitrogen and oxygen atoms in total. The maximum Gasteiger partial charge on any atom is 0.408 e. The van der Waals surface area contributed by atoms with Gasteiger partial charge >= 0.3 is 6.09 Å². The van der Waals surface area contributed by atoms with Crippen LogP contribution in [0, 0.1) is 13.8 Å². The molecule has 0 bridgehead atoms. The molecule has 0 aromatic heterocycles. The third-order valence-corrected chi connectivity index (χ3v) is 6.67. The molecule has 2 atom stereocenters. The molecule has 220 valence electrons. The number of nitrogens with one attached hydrogen (secondary N) is 2. The van der Waals surface area contributed by atoms with Crippen molar-refractivity contribution in [1.29, 1.82) is 0 Å². The number of benzene rings is 2. The van der Waals surface area contributed by atoms with Crippen LogP contribution in [0.25, 0.3) is 0 Å². The first-order chi connectivity index (χ1) is 19.0. The molecular weight excluding hydrogens is 506 g/mol. The first-order valence-electron chi connectivity index (χ1n) is 14.3. The van der Waals surface area contributed by atoms with Crippen LogP contribution < -0.4 is 10.6 Å². The van der Waals surface area contributed by atoms with Crippen LogP contribution >= 0.6 is 0 Å². The fourth-order valence-electron chi connectivity index (χ4n) is 4.38. The fourth-order valence-corrected chi connectivity index (χ4v) is 4.38. The number of carbonyl (C=O) groups excluding carboxylic acids is 3. The van der Waals surface area contributed by atoms with E-state index in [0.717, 1.165) is 42.4 Å². The minimum atomic E-state index is -1.26. The Balaban J connectivity index is 2.43. The van der Waals surface area contributed by atoms with Crippen LogP contribution in [0.1, 0.15) is 88.1 Å². The number of ether oxygens (including phenoxy) is 1. The smallest absolute Gasteiger partial charge is 0.408 e. The van der Waals surface area contributed by atoms with Crippen molar-refractivity contribution in [3.05, 3.63) is 70.8 Å². The second-order valence-corrected chi connectivity index (χ2v) is 11.3. The summed E-state index contributed by atoms with van der Waals surface area (Å²) in [6.07, 6.45) is 3.97. The summed E-state index contributed by atoms with van der Waals surface area (Å²) in [5.41, 5.74) is 2.91. The Labute approximate surface area is 239 Å². The number of hydrogen-bond acceptors (Lipinski definition) is 5. The largest absolute Gasteiger partial charge is 0.444 e. The fraction of sp³-hybridized carbons (Fsp3) is 0.531. The van der Waals surface area contributed by atoms with Crippen molar-refractivity contribution in [1.82, 2.24) is 15.5 Å². The number of aliphatic hydroxyl groups excluding tert-OH is 1. The molecule has 2 rings (SSSR count). The molecule has 0 saturated heterocycles. The normalized spacial score (nSPS) is 12.8. The zero-order valence-corrected chi connectivity index (χ0v) is 25.0. The molecule has 2 aromatic rings. The molecule has 0 heterocycles. The molecule has 0 aliphatic heterocycles. The zero-order chi connectivity index (χ0) is 29.7. The Kier molecular flexibility index (Phi) is 13.1. The van der Waals surface area contributed by atoms with Gasteiger partial charge in [0.05, 0.1) is 6.61 Å². The van der Waals surface area contributed by atoms with Crippen LogP contribution in [-0.4, -0.2) is 52.7 Å². The highest BCUT2D eigenvalue weighted by Crippen LogP contribution is 2.26. The summed E-state index contributed by atoms with van der Waals surface area (Å²) in [6, 6.07) is 13.1. The first kappa shape index (κ1) is 32.8. The number of hydrogen-bond donors (Lipinski definition) is 3. The average molecular weight is 554 g/mol. The van der Waals surface area contributed by atoms with Crippen molar-refractivity contribution in [2.24, 2.45) is 0 Å². The maximum atomic E-state index is 14.0. The number of unbranched alkanes of at least 4 members (excludes halogenated alkanes) is 4. The van der Waals surface area contributed by atoms with Gasteiger partial charge in [0.25, 0.3) is 0 Å². The van der Waals surface area contributed by atoms with E-state index in [1.54, 1.807) is 20.8 Å². The molecule has 0 fully saturated rings. The Morgan fingerprint density at radius 2 is 1.62 bits per heavy atom. The molecule has 0 aliphatic carbocycles. The van der Waals surface area contributed by atoms with E-state index in [9.17, 15) is 19.5 Å². The summed E-state index contributed by atoms with van der Waals surface area (Å²) >= 11 is 0. The second-order valence-electron chi connectivity index (χ2n) is 11.3. The highest BCUT2D eigenvalue weighted by atomic mass is 16.6. The average Bonchev–Trinajstić information content (AvgIpc) is 2.90. The van der Waals surface area contributed by atoms with Crippen LogP contribution in [0.3, 0.4) is 0 Å². The zero-order valence-electron chi connectivity index (χ0n) is 25.0. The quantitative estimate of drug-likeness (QED) is 0.274. The molecule has 0 radical (unpaired) electrons. The van der Waals surface area contributed by atoms with Crippen LogP contribution in [0.15, 0.2) is 48.5 Å². The summed E-state index contributed by atoms with van der Waals surface area (Å²) in [5, 5.41) is 15.6. The number of amides is 3. The lowest BCUT2D eigenvalue weighted by Crippen LogP contribution is -2.54. The van der Waals surface area contributed by atoms with Gasteiger partial charge in [-0.15, -0.1) is 0 Å². The number of rotatable bonds is 14. The van der Waals surface area contributed by atoms with Gasteiger partial charge in [-0.1, -0.05) is 81.1 Å². The lowest BCUT2D eigenvalue weighted by Gasteiger charge is -2.34. The van der Waals surface area contributed by atoms with Crippen LogP contribution in [0.2, 0.25) is 0 Å². The Bertz CT molecular complexity index is 1100. The van der Waals surface area contributed by atoms with Crippen molar-refractivity contribution >= 4 is 17.9 Å². The number of aliphatic hydroxyl groups is 1. The van der Waals surface area contributed by atoms with E-state index in [-0.39, 0.29) is 5.91 Å². The van der Waals surface area contributed by atoms with Crippen molar-refractivity contribution in [2.45, 2.75) is 97.9 Å². The standard InChI is InChI=1S/C32H47N3O5/c1-7-8-9-10-14-19-35(30(38)27(22-36)34-31(39)40-32(4,5)6)28(26-18-17-23(2)24(3)20-26)29(37)33-21-25-15-12-11-13-16-25/h11-13,15-18,20,27-28,36H,7-10,14,19,21-22H2,1-6H3,(H,33,37)(H,34,39). The highest BCUT2D eigenvalue weighted by Gasteiger charge is 2.36. The van der Waals surface area contributed by atoms with E-state index in [4.69, 9.17) is 4.74 Å². The first-order valence-corrected chi connectivity index (χ1v) is 14.3. The van der Waals surface area contributed by atoms with Crippen LogP contribution in [0.5, 0.6) is 0 Å². The minimum Gasteiger partial charge on any atom is -0.444 e. The molecule has 2 aromatic carbocycles. The summed E-state index contributed by atoms with van der Waals surface area (Å²) in [6.45, 7) is 11.2. The van der Waals surface area contributed by atoms with E-state index >= 15 is 0 Å². The van der Waals surface area contributed by atoms with E-state index < -0.39 is 36.3 Å². The SMILES string of the molecule is CCCCCCCN(C(=O)C(CO)NC(=O)OC(C)(C)C)C(C(=O)NCc1ccccc1)c1ccc(C)c(C)c1. The summed E-state index contributed by atoms with van der Waals surface area (Å²) in [7, 11) is 0. The molecule has 40 heavy (non-hydrogen) atoms. The van der Waals surface area contributed by atoms with Crippen molar-refractivity contribution in [3.63, 3.8) is 0 Å². The Morgan fingerprint density at radius 1 is 0.950 bits per heavy atom. The van der Waals surface area contributed by atoms with Gasteiger partial charge in [-0.3, -0.25) is 9.59 Å². The van der Waals surface area contributed by atoms with E-state index in [1.165, 1.54) is 4.90 Å². The van der Waals surface area contributed by atoms with Gasteiger partial charge in [0.15, 0.2) is 0 Å². The third-order valence-electron chi connectivity index (χ3n) is 6.67. The third kappa shape index (κ3) is 10.6. The lowest BCUT2D eigenvalue weighted by atomic mass is 9.98. The van der Waals surface area contributed by atoms with Gasteiger partial charge in [0.2, 0.25) is 11.8 Å². The number of carbonyl (C=O) groups is 3. The molecule has 3 N–H and O–H groups in total. The second kappa shape index (κ2) is 16.0. The van der Waals surface area contributed by atoms with Gasteiger partial charge in [0.1, 0.15) is 17.7 Å². The van der Waals surface area contributed by atoms with Gasteiger partial charge in [0, 0.05) is 13.1 Å². The Hall–Kier alpha value is -3.39.